The van der Waals surface area contributed by atoms with E-state index in [0.29, 0.717) is 16.7 Å². The van der Waals surface area contributed by atoms with Gasteiger partial charge in [0.2, 0.25) is 0 Å². The third-order valence-corrected chi connectivity index (χ3v) is 2.98. The highest BCUT2D eigenvalue weighted by Gasteiger charge is 2.08. The van der Waals surface area contributed by atoms with E-state index in [1.54, 1.807) is 36.3 Å². The van der Waals surface area contributed by atoms with Gasteiger partial charge in [-0.15, -0.1) is 0 Å². The lowest BCUT2D eigenvalue weighted by molar-refractivity contribution is 0.0946. The number of aryl methyl sites for hydroxylation is 1. The van der Waals surface area contributed by atoms with Crippen molar-refractivity contribution in [2.45, 2.75) is 6.54 Å². The number of hydrogen-bond donors (Lipinski definition) is 1. The van der Waals surface area contributed by atoms with Crippen LogP contribution in [0.2, 0.25) is 0 Å². The molecule has 6 heteroatoms. The molecule has 0 unspecified atom stereocenters. The molecule has 94 valence electrons. The fraction of sp³-hybridized carbons (Fsp3) is 0.167. The molecular formula is C12H11BrFN3O. The molecule has 0 saturated heterocycles. The zero-order chi connectivity index (χ0) is 13.1. The maximum absolute atomic E-state index is 13.0. The van der Waals surface area contributed by atoms with Gasteiger partial charge < -0.3 is 9.88 Å². The van der Waals surface area contributed by atoms with Gasteiger partial charge in [-0.25, -0.2) is 9.37 Å². The molecular weight excluding hydrogens is 301 g/mol. The molecule has 2 rings (SSSR count). The highest BCUT2D eigenvalue weighted by molar-refractivity contribution is 9.10. The average molecular weight is 312 g/mol. The normalized spacial score (nSPS) is 10.4. The second kappa shape index (κ2) is 5.30. The molecule has 4 nitrogen and oxygen atoms in total. The van der Waals surface area contributed by atoms with Crippen LogP contribution in [0.5, 0.6) is 0 Å². The molecule has 0 aliphatic rings. The van der Waals surface area contributed by atoms with Gasteiger partial charge in [0.15, 0.2) is 0 Å². The van der Waals surface area contributed by atoms with E-state index in [1.165, 1.54) is 6.07 Å². The molecule has 0 spiro atoms. The van der Waals surface area contributed by atoms with E-state index < -0.39 is 0 Å². The lowest BCUT2D eigenvalue weighted by Gasteiger charge is -2.04. The number of nitrogens with zero attached hydrogens (tertiary/aromatic N) is 2. The summed E-state index contributed by atoms with van der Waals surface area (Å²) in [5.74, 6) is -0.578. The second-order valence-electron chi connectivity index (χ2n) is 3.86. The molecule has 0 radical (unpaired) electrons. The maximum atomic E-state index is 13.0. The number of rotatable bonds is 3. The van der Waals surface area contributed by atoms with E-state index in [2.05, 4.69) is 26.2 Å². The van der Waals surface area contributed by atoms with Crippen LogP contribution in [0.1, 0.15) is 16.1 Å². The minimum Gasteiger partial charge on any atom is -0.347 e. The number of benzene rings is 1. The van der Waals surface area contributed by atoms with E-state index in [0.717, 1.165) is 5.56 Å². The first-order chi connectivity index (χ1) is 8.56. The number of hydrogen-bond acceptors (Lipinski definition) is 2. The van der Waals surface area contributed by atoms with Gasteiger partial charge in [0, 0.05) is 19.8 Å². The van der Waals surface area contributed by atoms with Crippen LogP contribution in [-0.2, 0) is 13.6 Å². The number of carbonyl (C=O) groups is 1. The third kappa shape index (κ3) is 2.95. The minimum atomic E-state index is -0.324. The average Bonchev–Trinajstić information content (AvgIpc) is 2.77. The molecule has 0 atom stereocenters. The van der Waals surface area contributed by atoms with Gasteiger partial charge in [-0.2, -0.15) is 0 Å². The molecule has 0 saturated carbocycles. The molecule has 1 amide bonds. The molecule has 1 heterocycles. The van der Waals surface area contributed by atoms with Crippen LogP contribution in [0, 0.1) is 5.82 Å². The number of aromatic nitrogens is 2. The summed E-state index contributed by atoms with van der Waals surface area (Å²) in [7, 11) is 1.79. The predicted molar refractivity (Wildman–Crippen MR) is 68.5 cm³/mol. The van der Waals surface area contributed by atoms with Gasteiger partial charge in [0.25, 0.3) is 5.91 Å². The van der Waals surface area contributed by atoms with Gasteiger partial charge >= 0.3 is 0 Å². The third-order valence-electron chi connectivity index (χ3n) is 2.37. The highest BCUT2D eigenvalue weighted by Crippen LogP contribution is 2.16. The van der Waals surface area contributed by atoms with Crippen LogP contribution in [0.4, 0.5) is 4.39 Å². The minimum absolute atomic E-state index is 0.254. The Morgan fingerprint density at radius 2 is 2.33 bits per heavy atom. The Morgan fingerprint density at radius 3 is 2.94 bits per heavy atom. The van der Waals surface area contributed by atoms with Crippen molar-refractivity contribution < 1.29 is 9.18 Å². The van der Waals surface area contributed by atoms with E-state index in [4.69, 9.17) is 0 Å². The predicted octanol–water partition coefficient (Wildman–Crippen LogP) is 2.25. The maximum Gasteiger partial charge on any atom is 0.271 e. The van der Waals surface area contributed by atoms with Gasteiger partial charge in [0.05, 0.1) is 10.8 Å². The number of nitrogens with one attached hydrogen (secondary N) is 1. The first-order valence-electron chi connectivity index (χ1n) is 5.26. The molecule has 1 N–H and O–H groups in total. The molecule has 18 heavy (non-hydrogen) atoms. The fourth-order valence-electron chi connectivity index (χ4n) is 1.45. The van der Waals surface area contributed by atoms with Crippen molar-refractivity contribution >= 4 is 21.8 Å². The van der Waals surface area contributed by atoms with E-state index in [9.17, 15) is 9.18 Å². The number of imidazole rings is 1. The summed E-state index contributed by atoms with van der Waals surface area (Å²) in [6.07, 6.45) is 3.19. The summed E-state index contributed by atoms with van der Waals surface area (Å²) in [4.78, 5) is 15.7. The van der Waals surface area contributed by atoms with Crippen molar-refractivity contribution in [3.05, 3.63) is 52.3 Å². The zero-order valence-electron chi connectivity index (χ0n) is 9.65. The molecule has 1 aromatic heterocycles. The van der Waals surface area contributed by atoms with Crippen molar-refractivity contribution in [1.29, 1.82) is 0 Å². The zero-order valence-corrected chi connectivity index (χ0v) is 11.2. The summed E-state index contributed by atoms with van der Waals surface area (Å²) < 4.78 is 15.1. The van der Waals surface area contributed by atoms with Gasteiger partial charge in [0.1, 0.15) is 11.5 Å². The van der Waals surface area contributed by atoms with E-state index in [1.807, 2.05) is 0 Å². The van der Waals surface area contributed by atoms with Crippen molar-refractivity contribution in [2.24, 2.45) is 7.05 Å². The Balaban J connectivity index is 1.99. The van der Waals surface area contributed by atoms with Crippen LogP contribution >= 0.6 is 15.9 Å². The molecule has 2 aromatic rings. The Hall–Kier alpha value is -1.69. The molecule has 0 aliphatic heterocycles. The fourth-order valence-corrected chi connectivity index (χ4v) is 1.88. The summed E-state index contributed by atoms with van der Waals surface area (Å²) >= 11 is 3.10. The second-order valence-corrected chi connectivity index (χ2v) is 4.71. The number of halogens is 2. The molecule has 0 bridgehead atoms. The number of amides is 1. The molecule has 0 aliphatic carbocycles. The summed E-state index contributed by atoms with van der Waals surface area (Å²) in [6.45, 7) is 0.328. The number of carbonyl (C=O) groups excluding carboxylic acids is 1. The largest absolute Gasteiger partial charge is 0.347 e. The topological polar surface area (TPSA) is 46.9 Å². The Labute approximate surface area is 112 Å². The first-order valence-corrected chi connectivity index (χ1v) is 6.05. The molecule has 0 fully saturated rings. The van der Waals surface area contributed by atoms with Crippen LogP contribution in [-0.4, -0.2) is 15.5 Å². The summed E-state index contributed by atoms with van der Waals surface area (Å²) in [5, 5.41) is 2.72. The van der Waals surface area contributed by atoms with E-state index in [-0.39, 0.29) is 11.7 Å². The molecule has 1 aromatic carbocycles. The van der Waals surface area contributed by atoms with Gasteiger partial charge in [-0.05, 0) is 33.6 Å². The summed E-state index contributed by atoms with van der Waals surface area (Å²) in [6, 6.07) is 4.61. The van der Waals surface area contributed by atoms with Crippen LogP contribution < -0.4 is 5.32 Å². The van der Waals surface area contributed by atoms with Crippen molar-refractivity contribution in [3.8, 4) is 0 Å². The smallest absolute Gasteiger partial charge is 0.271 e. The quantitative estimate of drug-likeness (QED) is 0.945. The van der Waals surface area contributed by atoms with E-state index >= 15 is 0 Å². The SMILES string of the molecule is Cn1cnc(C(=O)NCc2ccc(F)c(Br)c2)c1. The van der Waals surface area contributed by atoms with Crippen LogP contribution in [0.3, 0.4) is 0 Å². The highest BCUT2D eigenvalue weighted by atomic mass is 79.9. The van der Waals surface area contributed by atoms with Gasteiger partial charge in [-0.3, -0.25) is 4.79 Å². The van der Waals surface area contributed by atoms with Crippen LogP contribution in [0.25, 0.3) is 0 Å². The Morgan fingerprint density at radius 1 is 1.56 bits per heavy atom. The van der Waals surface area contributed by atoms with Gasteiger partial charge in [-0.1, -0.05) is 6.07 Å². The summed E-state index contributed by atoms with van der Waals surface area (Å²) in [5.41, 5.74) is 1.17. The lowest BCUT2D eigenvalue weighted by Crippen LogP contribution is -2.23. The standard InChI is InChI=1S/C12H11BrFN3O/c1-17-6-11(16-7-17)12(18)15-5-8-2-3-10(14)9(13)4-8/h2-4,6-7H,5H2,1H3,(H,15,18). The Bertz CT molecular complexity index is 582. The Kier molecular flexibility index (Phi) is 3.76. The van der Waals surface area contributed by atoms with Crippen molar-refractivity contribution in [1.82, 2.24) is 14.9 Å². The first kappa shape index (κ1) is 12.8. The van der Waals surface area contributed by atoms with Crippen molar-refractivity contribution in [3.63, 3.8) is 0 Å². The van der Waals surface area contributed by atoms with Crippen LogP contribution in [0.15, 0.2) is 35.2 Å². The van der Waals surface area contributed by atoms with Crippen molar-refractivity contribution in [2.75, 3.05) is 0 Å². The monoisotopic (exact) mass is 311 g/mol. The lowest BCUT2D eigenvalue weighted by atomic mass is 10.2.